The molecule has 3 nitrogen and oxygen atoms in total. The van der Waals surface area contributed by atoms with Gasteiger partial charge in [-0.2, -0.15) is 0 Å². The van der Waals surface area contributed by atoms with Crippen molar-refractivity contribution >= 4 is 0 Å². The number of likely N-dealkylation sites (tertiary alicyclic amines) is 1. The minimum absolute atomic E-state index is 0.382. The molecule has 1 unspecified atom stereocenters. The van der Waals surface area contributed by atoms with E-state index in [-0.39, 0.29) is 0 Å². The largest absolute Gasteiger partial charge is 0.494 e. The molecule has 1 fully saturated rings. The molecule has 1 aromatic rings. The number of rotatable bonds is 6. The van der Waals surface area contributed by atoms with Gasteiger partial charge in [0.25, 0.3) is 0 Å². The third-order valence-electron chi connectivity index (χ3n) is 3.91. The SMILES string of the molecule is CCOc1ccc(C(C)NC)cc1CN1CCCC1. The van der Waals surface area contributed by atoms with E-state index >= 15 is 0 Å². The Bertz CT molecular complexity index is 400. The maximum atomic E-state index is 5.77. The predicted octanol–water partition coefficient (Wildman–Crippen LogP) is 2.96. The normalized spacial score (nSPS) is 17.6. The highest BCUT2D eigenvalue weighted by molar-refractivity contribution is 5.38. The van der Waals surface area contributed by atoms with Gasteiger partial charge < -0.3 is 10.1 Å². The molecule has 3 heteroatoms. The van der Waals surface area contributed by atoms with Gasteiger partial charge in [0.2, 0.25) is 0 Å². The maximum absolute atomic E-state index is 5.77. The molecule has 1 heterocycles. The van der Waals surface area contributed by atoms with Crippen molar-refractivity contribution in [3.05, 3.63) is 29.3 Å². The molecule has 0 aliphatic carbocycles. The van der Waals surface area contributed by atoms with Gasteiger partial charge in [-0.15, -0.1) is 0 Å². The maximum Gasteiger partial charge on any atom is 0.123 e. The van der Waals surface area contributed by atoms with Crippen LogP contribution in [0.1, 0.15) is 43.9 Å². The molecule has 1 aromatic carbocycles. The highest BCUT2D eigenvalue weighted by Crippen LogP contribution is 2.26. The predicted molar refractivity (Wildman–Crippen MR) is 79.6 cm³/mol. The van der Waals surface area contributed by atoms with Crippen molar-refractivity contribution < 1.29 is 4.74 Å². The smallest absolute Gasteiger partial charge is 0.123 e. The summed E-state index contributed by atoms with van der Waals surface area (Å²) in [5.74, 6) is 1.04. The summed E-state index contributed by atoms with van der Waals surface area (Å²) in [7, 11) is 2.00. The first-order valence-electron chi connectivity index (χ1n) is 7.39. The molecule has 19 heavy (non-hydrogen) atoms. The lowest BCUT2D eigenvalue weighted by molar-refractivity contribution is 0.304. The molecule has 0 amide bonds. The summed E-state index contributed by atoms with van der Waals surface area (Å²) in [6.07, 6.45) is 2.66. The van der Waals surface area contributed by atoms with Crippen LogP contribution in [0, 0.1) is 0 Å². The van der Waals surface area contributed by atoms with Crippen LogP contribution in [0.4, 0.5) is 0 Å². The number of hydrogen-bond donors (Lipinski definition) is 1. The highest BCUT2D eigenvalue weighted by Gasteiger charge is 2.15. The van der Waals surface area contributed by atoms with Crippen molar-refractivity contribution in [2.24, 2.45) is 0 Å². The monoisotopic (exact) mass is 262 g/mol. The molecule has 1 N–H and O–H groups in total. The summed E-state index contributed by atoms with van der Waals surface area (Å²) in [6, 6.07) is 6.97. The van der Waals surface area contributed by atoms with Crippen molar-refractivity contribution in [2.75, 3.05) is 26.7 Å². The Hall–Kier alpha value is -1.06. The third-order valence-corrected chi connectivity index (χ3v) is 3.91. The first-order chi connectivity index (χ1) is 9.24. The fourth-order valence-electron chi connectivity index (χ4n) is 2.64. The average Bonchev–Trinajstić information content (AvgIpc) is 2.93. The van der Waals surface area contributed by atoms with Gasteiger partial charge in [-0.25, -0.2) is 0 Å². The van der Waals surface area contributed by atoms with E-state index in [1.165, 1.54) is 37.1 Å². The molecule has 1 aliphatic rings. The van der Waals surface area contributed by atoms with Crippen LogP contribution in [0.5, 0.6) is 5.75 Å². The van der Waals surface area contributed by atoms with Crippen LogP contribution in [0.15, 0.2) is 18.2 Å². The average molecular weight is 262 g/mol. The molecule has 0 radical (unpaired) electrons. The van der Waals surface area contributed by atoms with Crippen LogP contribution in [0.25, 0.3) is 0 Å². The number of ether oxygens (including phenoxy) is 1. The van der Waals surface area contributed by atoms with Crippen molar-refractivity contribution in [1.82, 2.24) is 10.2 Å². The van der Waals surface area contributed by atoms with Crippen molar-refractivity contribution in [2.45, 2.75) is 39.3 Å². The van der Waals surface area contributed by atoms with Crippen molar-refractivity contribution in [3.8, 4) is 5.75 Å². The van der Waals surface area contributed by atoms with Crippen LogP contribution >= 0.6 is 0 Å². The zero-order chi connectivity index (χ0) is 13.7. The van der Waals surface area contributed by atoms with E-state index in [1.807, 2.05) is 14.0 Å². The van der Waals surface area contributed by atoms with Crippen LogP contribution in [0.3, 0.4) is 0 Å². The van der Waals surface area contributed by atoms with Crippen LogP contribution in [-0.2, 0) is 6.54 Å². The lowest BCUT2D eigenvalue weighted by Gasteiger charge is -2.20. The second kappa shape index (κ2) is 6.92. The molecular formula is C16H26N2O. The van der Waals surface area contributed by atoms with Gasteiger partial charge in [-0.05, 0) is 64.5 Å². The summed E-state index contributed by atoms with van der Waals surface area (Å²) in [6.45, 7) is 8.42. The van der Waals surface area contributed by atoms with Crippen LogP contribution < -0.4 is 10.1 Å². The summed E-state index contributed by atoms with van der Waals surface area (Å²) in [4.78, 5) is 2.52. The second-order valence-electron chi connectivity index (χ2n) is 5.29. The Morgan fingerprint density at radius 2 is 2.05 bits per heavy atom. The number of hydrogen-bond acceptors (Lipinski definition) is 3. The van der Waals surface area contributed by atoms with Gasteiger partial charge in [0.1, 0.15) is 5.75 Å². The standard InChI is InChI=1S/C16H26N2O/c1-4-19-16-8-7-14(13(2)17-3)11-15(16)12-18-9-5-6-10-18/h7-8,11,13,17H,4-6,9-10,12H2,1-3H3. The van der Waals surface area contributed by atoms with E-state index in [0.29, 0.717) is 6.04 Å². The van der Waals surface area contributed by atoms with E-state index < -0.39 is 0 Å². The fourth-order valence-corrected chi connectivity index (χ4v) is 2.64. The minimum Gasteiger partial charge on any atom is -0.494 e. The Kier molecular flexibility index (Phi) is 5.23. The number of benzene rings is 1. The Morgan fingerprint density at radius 3 is 2.68 bits per heavy atom. The summed E-state index contributed by atoms with van der Waals surface area (Å²) in [5, 5.41) is 3.30. The van der Waals surface area contributed by atoms with E-state index in [9.17, 15) is 0 Å². The molecule has 0 saturated carbocycles. The van der Waals surface area contributed by atoms with Crippen LogP contribution in [0.2, 0.25) is 0 Å². The van der Waals surface area contributed by atoms with Gasteiger partial charge in [-0.3, -0.25) is 4.90 Å². The number of nitrogens with zero attached hydrogens (tertiary/aromatic N) is 1. The molecule has 0 bridgehead atoms. The van der Waals surface area contributed by atoms with Crippen molar-refractivity contribution in [1.29, 1.82) is 0 Å². The zero-order valence-electron chi connectivity index (χ0n) is 12.4. The topological polar surface area (TPSA) is 24.5 Å². The first kappa shape index (κ1) is 14.4. The van der Waals surface area contributed by atoms with Gasteiger partial charge in [-0.1, -0.05) is 6.07 Å². The summed E-state index contributed by atoms with van der Waals surface area (Å²) in [5.41, 5.74) is 2.66. The lowest BCUT2D eigenvalue weighted by atomic mass is 10.0. The van der Waals surface area contributed by atoms with Gasteiger partial charge in [0, 0.05) is 18.2 Å². The van der Waals surface area contributed by atoms with Gasteiger partial charge in [0.15, 0.2) is 0 Å². The Labute approximate surface area is 116 Å². The quantitative estimate of drug-likeness (QED) is 0.853. The van der Waals surface area contributed by atoms with E-state index in [2.05, 4.69) is 35.3 Å². The second-order valence-corrected chi connectivity index (χ2v) is 5.29. The van der Waals surface area contributed by atoms with E-state index in [1.54, 1.807) is 0 Å². The van der Waals surface area contributed by atoms with E-state index in [4.69, 9.17) is 4.74 Å². The molecule has 1 atom stereocenters. The Balaban J connectivity index is 2.19. The number of nitrogens with one attached hydrogen (secondary N) is 1. The molecular weight excluding hydrogens is 236 g/mol. The molecule has 0 spiro atoms. The third kappa shape index (κ3) is 3.71. The first-order valence-corrected chi connectivity index (χ1v) is 7.39. The molecule has 1 aliphatic heterocycles. The Morgan fingerprint density at radius 1 is 1.32 bits per heavy atom. The molecule has 106 valence electrons. The molecule has 1 saturated heterocycles. The fraction of sp³-hybridized carbons (Fsp3) is 0.625. The van der Waals surface area contributed by atoms with Crippen LogP contribution in [-0.4, -0.2) is 31.6 Å². The minimum atomic E-state index is 0.382. The van der Waals surface area contributed by atoms with Gasteiger partial charge >= 0.3 is 0 Å². The van der Waals surface area contributed by atoms with Gasteiger partial charge in [0.05, 0.1) is 6.61 Å². The molecule has 0 aromatic heterocycles. The van der Waals surface area contributed by atoms with Crippen molar-refractivity contribution in [3.63, 3.8) is 0 Å². The van der Waals surface area contributed by atoms with E-state index in [0.717, 1.165) is 18.9 Å². The summed E-state index contributed by atoms with van der Waals surface area (Å²) >= 11 is 0. The lowest BCUT2D eigenvalue weighted by Crippen LogP contribution is -2.20. The highest BCUT2D eigenvalue weighted by atomic mass is 16.5. The summed E-state index contributed by atoms with van der Waals surface area (Å²) < 4.78 is 5.77. The molecule has 2 rings (SSSR count). The zero-order valence-corrected chi connectivity index (χ0v) is 12.4.